The lowest BCUT2D eigenvalue weighted by Gasteiger charge is -2.08. The predicted molar refractivity (Wildman–Crippen MR) is 73.9 cm³/mol. The number of carbonyl (C=O) groups is 2. The van der Waals surface area contributed by atoms with E-state index in [2.05, 4.69) is 10.1 Å². The summed E-state index contributed by atoms with van der Waals surface area (Å²) < 4.78 is 4.60. The average molecular weight is 268 g/mol. The van der Waals surface area contributed by atoms with Gasteiger partial charge in [-0.1, -0.05) is 30.3 Å². The van der Waals surface area contributed by atoms with Gasteiger partial charge >= 0.3 is 11.9 Å². The molecule has 2 aromatic carbocycles. The zero-order valence-electron chi connectivity index (χ0n) is 10.8. The van der Waals surface area contributed by atoms with Gasteiger partial charge in [0.05, 0.1) is 17.9 Å². The van der Waals surface area contributed by atoms with Crippen LogP contribution in [0.3, 0.4) is 0 Å². The van der Waals surface area contributed by atoms with Crippen molar-refractivity contribution < 1.29 is 14.3 Å². The number of nitrogens with zero attached hydrogens (tertiary/aromatic N) is 1. The van der Waals surface area contributed by atoms with E-state index in [1.165, 1.54) is 0 Å². The lowest BCUT2D eigenvalue weighted by Crippen LogP contribution is -2.25. The lowest BCUT2D eigenvalue weighted by molar-refractivity contribution is -0.152. The number of hydrogen-bond acceptors (Lipinski definition) is 4. The highest BCUT2D eigenvalue weighted by Gasteiger charge is 2.17. The number of benzene rings is 2. The second-order valence-electron chi connectivity index (χ2n) is 4.00. The minimum Gasteiger partial charge on any atom is -0.459 e. The maximum atomic E-state index is 11.6. The van der Waals surface area contributed by atoms with Crippen molar-refractivity contribution in [2.45, 2.75) is 6.92 Å². The molecule has 1 N–H and O–H groups in total. The summed E-state index contributed by atoms with van der Waals surface area (Å²) in [5.74, 6) is -1.86. The van der Waals surface area contributed by atoms with Crippen LogP contribution in [0.15, 0.2) is 36.4 Å². The number of hydrogen-bond donors (Lipinski definition) is 1. The van der Waals surface area contributed by atoms with Gasteiger partial charge in [-0.05, 0) is 18.4 Å². The van der Waals surface area contributed by atoms with Crippen LogP contribution in [0.1, 0.15) is 12.5 Å². The molecule has 0 saturated carbocycles. The monoisotopic (exact) mass is 268 g/mol. The maximum Gasteiger partial charge on any atom is 0.397 e. The van der Waals surface area contributed by atoms with Crippen LogP contribution in [0, 0.1) is 11.3 Å². The first-order valence-electron chi connectivity index (χ1n) is 6.07. The Bertz CT molecular complexity index is 717. The molecule has 0 spiro atoms. The molecule has 0 radical (unpaired) electrons. The molecule has 0 aromatic heterocycles. The molecule has 1 amide bonds. The van der Waals surface area contributed by atoms with Crippen LogP contribution < -0.4 is 5.32 Å². The molecule has 2 rings (SSSR count). The molecule has 0 aliphatic heterocycles. The number of carbonyl (C=O) groups excluding carboxylic acids is 2. The third kappa shape index (κ3) is 2.59. The Morgan fingerprint density at radius 2 is 2.00 bits per heavy atom. The van der Waals surface area contributed by atoms with Gasteiger partial charge in [0.2, 0.25) is 0 Å². The Kier molecular flexibility index (Phi) is 3.96. The molecular formula is C15H12N2O3. The van der Waals surface area contributed by atoms with Crippen molar-refractivity contribution in [2.24, 2.45) is 0 Å². The van der Waals surface area contributed by atoms with Crippen LogP contribution in [-0.4, -0.2) is 18.5 Å². The molecule has 0 aliphatic carbocycles. The Balaban J connectivity index is 2.38. The molecule has 0 heterocycles. The van der Waals surface area contributed by atoms with Crippen LogP contribution in [0.5, 0.6) is 0 Å². The third-order valence-corrected chi connectivity index (χ3v) is 2.75. The zero-order valence-corrected chi connectivity index (χ0v) is 10.8. The second-order valence-corrected chi connectivity index (χ2v) is 4.00. The molecule has 20 heavy (non-hydrogen) atoms. The highest BCUT2D eigenvalue weighted by Crippen LogP contribution is 2.25. The Hall–Kier alpha value is -2.87. The smallest absolute Gasteiger partial charge is 0.397 e. The number of rotatable bonds is 2. The number of fused-ring (bicyclic) bond motifs is 1. The predicted octanol–water partition coefficient (Wildman–Crippen LogP) is 2.21. The largest absolute Gasteiger partial charge is 0.459 e. The number of nitriles is 1. The number of ether oxygens (including phenoxy) is 1. The van der Waals surface area contributed by atoms with Crippen molar-refractivity contribution in [1.29, 1.82) is 5.26 Å². The summed E-state index contributed by atoms with van der Waals surface area (Å²) in [6.45, 7) is 1.73. The Labute approximate surface area is 115 Å². The highest BCUT2D eigenvalue weighted by molar-refractivity contribution is 6.37. The van der Waals surface area contributed by atoms with Crippen LogP contribution in [0.4, 0.5) is 5.69 Å². The molecule has 0 unspecified atom stereocenters. The van der Waals surface area contributed by atoms with E-state index in [0.29, 0.717) is 11.3 Å². The molecule has 0 saturated heterocycles. The summed E-state index contributed by atoms with van der Waals surface area (Å²) in [6.07, 6.45) is 0. The molecular weight excluding hydrogens is 256 g/mol. The van der Waals surface area contributed by atoms with Gasteiger partial charge in [-0.15, -0.1) is 0 Å². The summed E-state index contributed by atoms with van der Waals surface area (Å²) in [7, 11) is 0. The van der Waals surface area contributed by atoms with E-state index >= 15 is 0 Å². The summed E-state index contributed by atoms with van der Waals surface area (Å²) in [5, 5.41) is 13.3. The zero-order chi connectivity index (χ0) is 14.5. The number of amides is 1. The SMILES string of the molecule is CCOC(=O)C(=O)Nc1ccc2ccccc2c1C#N. The van der Waals surface area contributed by atoms with E-state index in [1.807, 2.05) is 18.2 Å². The Morgan fingerprint density at radius 3 is 2.70 bits per heavy atom. The first-order chi connectivity index (χ1) is 9.67. The van der Waals surface area contributed by atoms with Crippen LogP contribution >= 0.6 is 0 Å². The van der Waals surface area contributed by atoms with Gasteiger partial charge in [-0.2, -0.15) is 5.26 Å². The normalized spacial score (nSPS) is 9.80. The average Bonchev–Trinajstić information content (AvgIpc) is 2.47. The topological polar surface area (TPSA) is 79.2 Å². The van der Waals surface area contributed by atoms with E-state index in [-0.39, 0.29) is 6.61 Å². The number of esters is 1. The van der Waals surface area contributed by atoms with E-state index in [9.17, 15) is 14.9 Å². The minimum absolute atomic E-state index is 0.120. The molecule has 2 aromatic rings. The summed E-state index contributed by atoms with van der Waals surface area (Å²) in [4.78, 5) is 22.9. The van der Waals surface area contributed by atoms with Gasteiger partial charge in [-0.3, -0.25) is 4.79 Å². The molecule has 100 valence electrons. The minimum atomic E-state index is -0.968. The van der Waals surface area contributed by atoms with Crippen molar-refractivity contribution in [2.75, 3.05) is 11.9 Å². The van der Waals surface area contributed by atoms with Crippen LogP contribution in [-0.2, 0) is 14.3 Å². The third-order valence-electron chi connectivity index (χ3n) is 2.75. The second kappa shape index (κ2) is 5.85. The molecule has 0 bridgehead atoms. The van der Waals surface area contributed by atoms with E-state index in [0.717, 1.165) is 10.8 Å². The van der Waals surface area contributed by atoms with Gasteiger partial charge in [0.25, 0.3) is 0 Å². The molecule has 0 atom stereocenters. The fourth-order valence-corrected chi connectivity index (χ4v) is 1.87. The Morgan fingerprint density at radius 1 is 1.25 bits per heavy atom. The van der Waals surface area contributed by atoms with Crippen molar-refractivity contribution in [3.8, 4) is 6.07 Å². The van der Waals surface area contributed by atoms with Gasteiger partial charge in [0.15, 0.2) is 0 Å². The van der Waals surface area contributed by atoms with Crippen molar-refractivity contribution in [3.05, 3.63) is 42.0 Å². The lowest BCUT2D eigenvalue weighted by atomic mass is 10.0. The van der Waals surface area contributed by atoms with E-state index in [1.54, 1.807) is 31.2 Å². The van der Waals surface area contributed by atoms with Gasteiger partial charge < -0.3 is 10.1 Å². The van der Waals surface area contributed by atoms with Crippen molar-refractivity contribution in [3.63, 3.8) is 0 Å². The van der Waals surface area contributed by atoms with Crippen LogP contribution in [0.2, 0.25) is 0 Å². The molecule has 5 nitrogen and oxygen atoms in total. The van der Waals surface area contributed by atoms with E-state index in [4.69, 9.17) is 0 Å². The maximum absolute atomic E-state index is 11.6. The van der Waals surface area contributed by atoms with Crippen LogP contribution in [0.25, 0.3) is 10.8 Å². The summed E-state index contributed by atoms with van der Waals surface area (Å²) in [5.41, 5.74) is 0.616. The van der Waals surface area contributed by atoms with Gasteiger partial charge in [-0.25, -0.2) is 4.79 Å². The number of nitrogens with one attached hydrogen (secondary N) is 1. The van der Waals surface area contributed by atoms with Gasteiger partial charge in [0.1, 0.15) is 6.07 Å². The highest BCUT2D eigenvalue weighted by atomic mass is 16.5. The van der Waals surface area contributed by atoms with E-state index < -0.39 is 11.9 Å². The number of anilines is 1. The van der Waals surface area contributed by atoms with Crippen molar-refractivity contribution >= 4 is 28.3 Å². The molecule has 5 heteroatoms. The summed E-state index contributed by atoms with van der Waals surface area (Å²) >= 11 is 0. The van der Waals surface area contributed by atoms with Crippen molar-refractivity contribution in [1.82, 2.24) is 0 Å². The molecule has 0 aliphatic rings. The van der Waals surface area contributed by atoms with Gasteiger partial charge in [0, 0.05) is 5.39 Å². The fourth-order valence-electron chi connectivity index (χ4n) is 1.87. The summed E-state index contributed by atoms with van der Waals surface area (Å²) in [6, 6.07) is 12.7. The quantitative estimate of drug-likeness (QED) is 0.669. The first kappa shape index (κ1) is 13.6. The molecule has 0 fully saturated rings. The standard InChI is InChI=1S/C15H12N2O3/c1-2-20-15(19)14(18)17-13-8-7-10-5-3-4-6-11(10)12(13)9-16/h3-8H,2H2,1H3,(H,17,18). The fraction of sp³-hybridized carbons (Fsp3) is 0.133. The first-order valence-corrected chi connectivity index (χ1v) is 6.07.